The summed E-state index contributed by atoms with van der Waals surface area (Å²) < 4.78 is 0. The van der Waals surface area contributed by atoms with Crippen LogP contribution in [0.1, 0.15) is 19.0 Å². The molecule has 0 fully saturated rings. The number of nitrogens with zero attached hydrogens (tertiary/aromatic N) is 2. The zero-order valence-corrected chi connectivity index (χ0v) is 10.5. The number of nitrogens with two attached hydrogens (primary N) is 1. The summed E-state index contributed by atoms with van der Waals surface area (Å²) in [7, 11) is 0. The molecule has 0 aliphatic rings. The number of guanidine groups is 1. The molecular formula is C12H19N5O. The molecule has 6 nitrogen and oxygen atoms in total. The minimum atomic E-state index is -0.616. The molecule has 0 aliphatic heterocycles. The topological polar surface area (TPSA) is 92.4 Å². The molecule has 0 aromatic carbocycles. The predicted molar refractivity (Wildman–Crippen MR) is 71.3 cm³/mol. The van der Waals surface area contributed by atoms with E-state index in [1.165, 1.54) is 0 Å². The summed E-state index contributed by atoms with van der Waals surface area (Å²) >= 11 is 0. The Morgan fingerprint density at radius 3 is 2.94 bits per heavy atom. The highest BCUT2D eigenvalue weighted by molar-refractivity contribution is 5.95. The van der Waals surface area contributed by atoms with Crippen molar-refractivity contribution in [3.05, 3.63) is 30.1 Å². The highest BCUT2D eigenvalue weighted by atomic mass is 16.2. The Hall–Kier alpha value is -2.11. The van der Waals surface area contributed by atoms with E-state index in [0.717, 1.165) is 18.5 Å². The van der Waals surface area contributed by atoms with Crippen LogP contribution >= 0.6 is 0 Å². The van der Waals surface area contributed by atoms with Gasteiger partial charge in [-0.1, -0.05) is 13.0 Å². The smallest absolute Gasteiger partial charge is 0.318 e. The van der Waals surface area contributed by atoms with Crippen LogP contribution < -0.4 is 16.4 Å². The van der Waals surface area contributed by atoms with Gasteiger partial charge in [-0.25, -0.2) is 4.79 Å². The SMILES string of the molecule is CCCN=C(NCCc1ccccn1)NC(N)=O. The molecule has 18 heavy (non-hydrogen) atoms. The zero-order valence-electron chi connectivity index (χ0n) is 10.5. The van der Waals surface area contributed by atoms with Crippen molar-refractivity contribution < 1.29 is 4.79 Å². The van der Waals surface area contributed by atoms with Crippen LogP contribution in [0.15, 0.2) is 29.4 Å². The van der Waals surface area contributed by atoms with Crippen molar-refractivity contribution in [3.63, 3.8) is 0 Å². The van der Waals surface area contributed by atoms with Crippen molar-refractivity contribution in [2.24, 2.45) is 10.7 Å². The summed E-state index contributed by atoms with van der Waals surface area (Å²) in [4.78, 5) is 19.2. The third kappa shape index (κ3) is 5.83. The second kappa shape index (κ2) is 8.05. The van der Waals surface area contributed by atoms with Crippen LogP contribution in [-0.2, 0) is 6.42 Å². The predicted octanol–water partition coefficient (Wildman–Crippen LogP) is 0.648. The van der Waals surface area contributed by atoms with Crippen molar-refractivity contribution in [3.8, 4) is 0 Å². The number of carbonyl (C=O) groups is 1. The van der Waals surface area contributed by atoms with Gasteiger partial charge in [-0.05, 0) is 18.6 Å². The Morgan fingerprint density at radius 2 is 2.33 bits per heavy atom. The molecule has 0 bridgehead atoms. The number of aliphatic imine (C=N–C) groups is 1. The van der Waals surface area contributed by atoms with E-state index in [-0.39, 0.29) is 0 Å². The molecule has 1 aromatic heterocycles. The van der Waals surface area contributed by atoms with Crippen molar-refractivity contribution in [2.75, 3.05) is 13.1 Å². The minimum Gasteiger partial charge on any atom is -0.356 e. The van der Waals surface area contributed by atoms with Crippen LogP contribution in [-0.4, -0.2) is 30.1 Å². The van der Waals surface area contributed by atoms with Crippen LogP contribution in [0.2, 0.25) is 0 Å². The molecule has 1 heterocycles. The average molecular weight is 249 g/mol. The van der Waals surface area contributed by atoms with Gasteiger partial charge in [0.15, 0.2) is 5.96 Å². The third-order valence-corrected chi connectivity index (χ3v) is 2.13. The maximum absolute atomic E-state index is 10.8. The van der Waals surface area contributed by atoms with Crippen LogP contribution in [0.4, 0.5) is 4.79 Å². The first kappa shape index (κ1) is 14.0. The highest BCUT2D eigenvalue weighted by Crippen LogP contribution is 1.93. The fourth-order valence-electron chi connectivity index (χ4n) is 1.33. The fraction of sp³-hybridized carbons (Fsp3) is 0.417. The molecule has 0 unspecified atom stereocenters. The van der Waals surface area contributed by atoms with Crippen LogP contribution in [0.3, 0.4) is 0 Å². The van der Waals surface area contributed by atoms with Crippen LogP contribution in [0.25, 0.3) is 0 Å². The Kier molecular flexibility index (Phi) is 6.24. The highest BCUT2D eigenvalue weighted by Gasteiger charge is 2.01. The van der Waals surface area contributed by atoms with E-state index in [1.807, 2.05) is 25.1 Å². The number of primary amides is 1. The summed E-state index contributed by atoms with van der Waals surface area (Å²) in [5.74, 6) is 0.417. The molecule has 0 aliphatic carbocycles. The number of urea groups is 1. The molecule has 1 aromatic rings. The Labute approximate surface area is 107 Å². The summed E-state index contributed by atoms with van der Waals surface area (Å²) in [5, 5.41) is 5.49. The van der Waals surface area contributed by atoms with Crippen molar-refractivity contribution in [1.29, 1.82) is 0 Å². The van der Waals surface area contributed by atoms with Gasteiger partial charge in [0.05, 0.1) is 0 Å². The Balaban J connectivity index is 2.39. The van der Waals surface area contributed by atoms with Gasteiger partial charge in [0.25, 0.3) is 0 Å². The van der Waals surface area contributed by atoms with Crippen molar-refractivity contribution in [2.45, 2.75) is 19.8 Å². The lowest BCUT2D eigenvalue weighted by Crippen LogP contribution is -2.44. The van der Waals surface area contributed by atoms with Gasteiger partial charge in [0.2, 0.25) is 0 Å². The van der Waals surface area contributed by atoms with Gasteiger partial charge in [-0.15, -0.1) is 0 Å². The molecule has 0 atom stereocenters. The van der Waals surface area contributed by atoms with E-state index < -0.39 is 6.03 Å². The first-order valence-electron chi connectivity index (χ1n) is 5.97. The Morgan fingerprint density at radius 1 is 1.50 bits per heavy atom. The van der Waals surface area contributed by atoms with Gasteiger partial charge in [-0.2, -0.15) is 0 Å². The third-order valence-electron chi connectivity index (χ3n) is 2.13. The normalized spacial score (nSPS) is 11.1. The average Bonchev–Trinajstić information content (AvgIpc) is 2.36. The number of aromatic nitrogens is 1. The molecule has 2 amide bonds. The zero-order chi connectivity index (χ0) is 13.2. The molecule has 4 N–H and O–H groups in total. The van der Waals surface area contributed by atoms with E-state index in [1.54, 1.807) is 6.20 Å². The lowest BCUT2D eigenvalue weighted by atomic mass is 10.3. The van der Waals surface area contributed by atoms with Crippen LogP contribution in [0, 0.1) is 0 Å². The number of rotatable bonds is 5. The van der Waals surface area contributed by atoms with Crippen molar-refractivity contribution in [1.82, 2.24) is 15.6 Å². The lowest BCUT2D eigenvalue weighted by molar-refractivity contribution is 0.253. The second-order valence-corrected chi connectivity index (χ2v) is 3.72. The first-order valence-corrected chi connectivity index (χ1v) is 5.97. The molecule has 6 heteroatoms. The van der Waals surface area contributed by atoms with E-state index in [9.17, 15) is 4.79 Å². The van der Waals surface area contributed by atoms with Gasteiger partial charge in [0.1, 0.15) is 0 Å². The largest absolute Gasteiger partial charge is 0.356 e. The van der Waals surface area contributed by atoms with Gasteiger partial charge in [-0.3, -0.25) is 15.3 Å². The number of hydrogen-bond acceptors (Lipinski definition) is 3. The lowest BCUT2D eigenvalue weighted by Gasteiger charge is -2.09. The molecule has 0 spiro atoms. The standard InChI is InChI=1S/C12H19N5O/c1-2-7-15-12(17-11(13)18)16-9-6-10-5-3-4-8-14-10/h3-5,8H,2,6-7,9H2,1H3,(H4,13,15,16,17,18). The summed E-state index contributed by atoms with van der Waals surface area (Å²) in [6.45, 7) is 3.30. The van der Waals surface area contributed by atoms with E-state index >= 15 is 0 Å². The summed E-state index contributed by atoms with van der Waals surface area (Å²) in [5.41, 5.74) is 6.05. The summed E-state index contributed by atoms with van der Waals surface area (Å²) in [6.07, 6.45) is 3.42. The van der Waals surface area contributed by atoms with E-state index in [0.29, 0.717) is 19.0 Å². The molecule has 0 radical (unpaired) electrons. The van der Waals surface area contributed by atoms with Crippen molar-refractivity contribution >= 4 is 12.0 Å². The molecule has 0 saturated heterocycles. The quantitative estimate of drug-likeness (QED) is 0.528. The maximum Gasteiger partial charge on any atom is 0.318 e. The van der Waals surface area contributed by atoms with Gasteiger partial charge < -0.3 is 11.1 Å². The number of hydrogen-bond donors (Lipinski definition) is 3. The number of carbonyl (C=O) groups excluding carboxylic acids is 1. The maximum atomic E-state index is 10.8. The summed E-state index contributed by atoms with van der Waals surface area (Å²) in [6, 6.07) is 5.15. The van der Waals surface area contributed by atoms with Crippen LogP contribution in [0.5, 0.6) is 0 Å². The van der Waals surface area contributed by atoms with Gasteiger partial charge >= 0.3 is 6.03 Å². The molecular weight excluding hydrogens is 230 g/mol. The number of pyridine rings is 1. The van der Waals surface area contributed by atoms with E-state index in [4.69, 9.17) is 5.73 Å². The van der Waals surface area contributed by atoms with Gasteiger partial charge in [0, 0.05) is 31.4 Å². The number of nitrogens with one attached hydrogen (secondary N) is 2. The monoisotopic (exact) mass is 249 g/mol. The molecule has 1 rings (SSSR count). The molecule has 0 saturated carbocycles. The second-order valence-electron chi connectivity index (χ2n) is 3.72. The van der Waals surface area contributed by atoms with E-state index in [2.05, 4.69) is 20.6 Å². The molecule has 98 valence electrons. The number of amides is 2. The minimum absolute atomic E-state index is 0.417. The fourth-order valence-corrected chi connectivity index (χ4v) is 1.33. The first-order chi connectivity index (χ1) is 8.72. The Bertz CT molecular complexity index is 391.